The molecule has 1 aliphatic rings. The zero-order valence-electron chi connectivity index (χ0n) is 16.7. The average molecular weight is 417 g/mol. The summed E-state index contributed by atoms with van der Waals surface area (Å²) in [6.07, 6.45) is -2.32. The number of carbonyl (C=O) groups excluding carboxylic acids is 1. The Morgan fingerprint density at radius 3 is 2.53 bits per heavy atom. The van der Waals surface area contributed by atoms with E-state index >= 15 is 0 Å². The molecule has 30 heavy (non-hydrogen) atoms. The number of nitrogens with one attached hydrogen (secondary N) is 1. The number of aryl methyl sites for hydroxylation is 2. The smallest absolute Gasteiger partial charge is 0.324 e. The summed E-state index contributed by atoms with van der Waals surface area (Å²) < 4.78 is 41.9. The van der Waals surface area contributed by atoms with Crippen LogP contribution in [0.25, 0.3) is 11.2 Å². The second-order valence-electron chi connectivity index (χ2n) is 7.60. The molecule has 1 fully saturated rings. The predicted octanol–water partition coefficient (Wildman–Crippen LogP) is 4.94. The molecule has 3 heterocycles. The van der Waals surface area contributed by atoms with Crippen molar-refractivity contribution in [2.24, 2.45) is 0 Å². The van der Waals surface area contributed by atoms with Gasteiger partial charge in [0, 0.05) is 31.0 Å². The number of carbonyl (C=O) groups is 1. The lowest BCUT2D eigenvalue weighted by Crippen LogP contribution is -2.42. The van der Waals surface area contributed by atoms with Crippen molar-refractivity contribution in [3.8, 4) is 0 Å². The largest absolute Gasteiger partial charge is 0.449 e. The van der Waals surface area contributed by atoms with E-state index in [1.807, 2.05) is 32.0 Å². The lowest BCUT2D eigenvalue weighted by atomic mass is 10.0. The standard InChI is InChI=1S/C21H22F3N5O/c1-13-5-6-15(12-14(13)2)26-20(30)28-10-7-16(8-11-28)29-18-17(4-3-9-25-18)27-19(29)21(22,23)24/h3-6,9,12,16H,7-8,10-11H2,1-2H3,(H,26,30). The molecule has 2 amide bonds. The molecule has 0 aliphatic carbocycles. The number of urea groups is 1. The number of nitrogens with zero attached hydrogens (tertiary/aromatic N) is 4. The van der Waals surface area contributed by atoms with Crippen LogP contribution in [0.1, 0.15) is 35.8 Å². The Labute approximate surface area is 171 Å². The van der Waals surface area contributed by atoms with Gasteiger partial charge in [0.1, 0.15) is 5.52 Å². The Bertz CT molecular complexity index is 1080. The van der Waals surface area contributed by atoms with Gasteiger partial charge in [-0.15, -0.1) is 0 Å². The summed E-state index contributed by atoms with van der Waals surface area (Å²) >= 11 is 0. The Morgan fingerprint density at radius 2 is 1.87 bits per heavy atom. The molecular weight excluding hydrogens is 395 g/mol. The van der Waals surface area contributed by atoms with Gasteiger partial charge in [-0.1, -0.05) is 6.07 Å². The molecular formula is C21H22F3N5O. The first-order valence-electron chi connectivity index (χ1n) is 9.77. The van der Waals surface area contributed by atoms with Gasteiger partial charge in [-0.3, -0.25) is 0 Å². The summed E-state index contributed by atoms with van der Waals surface area (Å²) in [6, 6.07) is 8.10. The van der Waals surface area contributed by atoms with Crippen molar-refractivity contribution in [3.63, 3.8) is 0 Å². The molecule has 6 nitrogen and oxygen atoms in total. The van der Waals surface area contributed by atoms with Crippen molar-refractivity contribution in [2.45, 2.75) is 38.9 Å². The van der Waals surface area contributed by atoms with E-state index < -0.39 is 18.0 Å². The highest BCUT2D eigenvalue weighted by atomic mass is 19.4. The quantitative estimate of drug-likeness (QED) is 0.643. The van der Waals surface area contributed by atoms with Gasteiger partial charge in [0.15, 0.2) is 5.65 Å². The first-order chi connectivity index (χ1) is 14.2. The maximum absolute atomic E-state index is 13.6. The van der Waals surface area contributed by atoms with Crippen molar-refractivity contribution in [1.29, 1.82) is 0 Å². The fraction of sp³-hybridized carbons (Fsp3) is 0.381. The van der Waals surface area contributed by atoms with Crippen LogP contribution in [0.15, 0.2) is 36.5 Å². The third-order valence-corrected chi connectivity index (χ3v) is 5.58. The average Bonchev–Trinajstić information content (AvgIpc) is 3.11. The van der Waals surface area contributed by atoms with Crippen molar-refractivity contribution in [1.82, 2.24) is 19.4 Å². The molecule has 0 spiro atoms. The van der Waals surface area contributed by atoms with Gasteiger partial charge < -0.3 is 14.8 Å². The summed E-state index contributed by atoms with van der Waals surface area (Å²) in [6.45, 7) is 4.67. The van der Waals surface area contributed by atoms with Crippen molar-refractivity contribution in [3.05, 3.63) is 53.5 Å². The van der Waals surface area contributed by atoms with Crippen molar-refractivity contribution >= 4 is 22.9 Å². The maximum Gasteiger partial charge on any atom is 0.449 e. The molecule has 1 aromatic carbocycles. The molecule has 1 saturated heterocycles. The summed E-state index contributed by atoms with van der Waals surface area (Å²) in [5.41, 5.74) is 3.36. The normalized spacial score (nSPS) is 15.6. The number of benzene rings is 1. The number of fused-ring (bicyclic) bond motifs is 1. The van der Waals surface area contributed by atoms with Crippen LogP contribution < -0.4 is 5.32 Å². The Kier molecular flexibility index (Phi) is 5.13. The number of amides is 2. The van der Waals surface area contributed by atoms with Crippen LogP contribution in [-0.2, 0) is 6.18 Å². The second-order valence-corrected chi connectivity index (χ2v) is 7.60. The van der Waals surface area contributed by atoms with Gasteiger partial charge >= 0.3 is 12.2 Å². The molecule has 9 heteroatoms. The number of imidazole rings is 1. The number of rotatable bonds is 2. The number of anilines is 1. The lowest BCUT2D eigenvalue weighted by Gasteiger charge is -2.33. The lowest BCUT2D eigenvalue weighted by molar-refractivity contribution is -0.147. The molecule has 0 atom stereocenters. The van der Waals surface area contributed by atoms with Gasteiger partial charge in [-0.05, 0) is 62.1 Å². The predicted molar refractivity (Wildman–Crippen MR) is 107 cm³/mol. The van der Waals surface area contributed by atoms with E-state index in [9.17, 15) is 18.0 Å². The molecule has 4 rings (SSSR count). The molecule has 0 unspecified atom stereocenters. The second kappa shape index (κ2) is 7.62. The van der Waals surface area contributed by atoms with E-state index in [0.29, 0.717) is 31.6 Å². The summed E-state index contributed by atoms with van der Waals surface area (Å²) in [5, 5.41) is 2.87. The van der Waals surface area contributed by atoms with Crippen molar-refractivity contribution in [2.75, 3.05) is 18.4 Å². The highest BCUT2D eigenvalue weighted by Gasteiger charge is 2.40. The van der Waals surface area contributed by atoms with Crippen LogP contribution in [0.2, 0.25) is 0 Å². The fourth-order valence-corrected chi connectivity index (χ4v) is 3.82. The summed E-state index contributed by atoms with van der Waals surface area (Å²) in [7, 11) is 0. The number of alkyl halides is 3. The third-order valence-electron chi connectivity index (χ3n) is 5.58. The number of hydrogen-bond acceptors (Lipinski definition) is 3. The number of halogens is 3. The summed E-state index contributed by atoms with van der Waals surface area (Å²) in [5.74, 6) is -0.936. The number of hydrogen-bond donors (Lipinski definition) is 1. The number of piperidine rings is 1. The van der Waals surface area contributed by atoms with Gasteiger partial charge in [0.2, 0.25) is 5.82 Å². The van der Waals surface area contributed by atoms with Gasteiger partial charge in [-0.25, -0.2) is 14.8 Å². The first-order valence-corrected chi connectivity index (χ1v) is 9.77. The van der Waals surface area contributed by atoms with E-state index in [1.54, 1.807) is 11.0 Å². The van der Waals surface area contributed by atoms with E-state index in [0.717, 1.165) is 11.1 Å². The molecule has 0 radical (unpaired) electrons. The Balaban J connectivity index is 1.49. The van der Waals surface area contributed by atoms with E-state index in [1.165, 1.54) is 16.8 Å². The minimum atomic E-state index is -4.57. The fourth-order valence-electron chi connectivity index (χ4n) is 3.82. The monoisotopic (exact) mass is 417 g/mol. The molecule has 158 valence electrons. The number of pyridine rings is 1. The molecule has 0 bridgehead atoms. The Morgan fingerprint density at radius 1 is 1.13 bits per heavy atom. The maximum atomic E-state index is 13.6. The van der Waals surface area contributed by atoms with E-state index in [2.05, 4.69) is 15.3 Å². The molecule has 1 aliphatic heterocycles. The summed E-state index contributed by atoms with van der Waals surface area (Å²) in [4.78, 5) is 22.1. The molecule has 3 aromatic rings. The van der Waals surface area contributed by atoms with Crippen LogP contribution >= 0.6 is 0 Å². The van der Waals surface area contributed by atoms with Crippen LogP contribution in [0.5, 0.6) is 0 Å². The Hall–Kier alpha value is -3.10. The zero-order chi connectivity index (χ0) is 21.5. The minimum Gasteiger partial charge on any atom is -0.324 e. The highest BCUT2D eigenvalue weighted by Crippen LogP contribution is 2.36. The van der Waals surface area contributed by atoms with Crippen molar-refractivity contribution < 1.29 is 18.0 Å². The first kappa shape index (κ1) is 20.2. The SMILES string of the molecule is Cc1ccc(NC(=O)N2CCC(n3c(C(F)(F)F)nc4cccnc43)CC2)cc1C. The van der Waals surface area contributed by atoms with Crippen LogP contribution in [0.3, 0.4) is 0 Å². The highest BCUT2D eigenvalue weighted by molar-refractivity contribution is 5.89. The van der Waals surface area contributed by atoms with Crippen LogP contribution in [0, 0.1) is 13.8 Å². The molecule has 2 aromatic heterocycles. The zero-order valence-corrected chi connectivity index (χ0v) is 16.7. The van der Waals surface area contributed by atoms with Gasteiger partial charge in [0.25, 0.3) is 0 Å². The van der Waals surface area contributed by atoms with Crippen LogP contribution in [-0.4, -0.2) is 38.6 Å². The topological polar surface area (TPSA) is 63.1 Å². The van der Waals surface area contributed by atoms with Crippen LogP contribution in [0.4, 0.5) is 23.7 Å². The van der Waals surface area contributed by atoms with E-state index in [4.69, 9.17) is 0 Å². The number of likely N-dealkylation sites (tertiary alicyclic amines) is 1. The molecule has 1 N–H and O–H groups in total. The molecule has 0 saturated carbocycles. The minimum absolute atomic E-state index is 0.222. The van der Waals surface area contributed by atoms with Gasteiger partial charge in [0.05, 0.1) is 0 Å². The third kappa shape index (κ3) is 3.83. The number of aromatic nitrogens is 3. The van der Waals surface area contributed by atoms with E-state index in [-0.39, 0.29) is 17.2 Å². The van der Waals surface area contributed by atoms with Gasteiger partial charge in [-0.2, -0.15) is 13.2 Å².